The lowest BCUT2D eigenvalue weighted by Crippen LogP contribution is -2.40. The third-order valence-corrected chi connectivity index (χ3v) is 7.88. The smallest absolute Gasteiger partial charge is 0.252 e. The lowest BCUT2D eigenvalue weighted by Gasteiger charge is -2.26. The largest absolute Gasteiger partial charge is 0.379 e. The Morgan fingerprint density at radius 2 is 1.87 bits per heavy atom. The average Bonchev–Trinajstić information content (AvgIpc) is 3.17. The molecule has 1 aliphatic rings. The number of amides is 1. The molecule has 0 atom stereocenters. The number of hydrogen-bond donors (Lipinski definition) is 2. The predicted molar refractivity (Wildman–Crippen MR) is 120 cm³/mol. The molecule has 0 aliphatic carbocycles. The molecule has 3 aromatic rings. The van der Waals surface area contributed by atoms with E-state index in [0.717, 1.165) is 16.5 Å². The first-order valence-corrected chi connectivity index (χ1v) is 12.0. The zero-order chi connectivity index (χ0) is 22.0. The fourth-order valence-corrected chi connectivity index (χ4v) is 5.81. The molecular weight excluding hydrogens is 461 g/mol. The van der Waals surface area contributed by atoms with E-state index in [2.05, 4.69) is 10.3 Å². The number of aromatic amines is 1. The summed E-state index contributed by atoms with van der Waals surface area (Å²) >= 11 is 12.4. The molecule has 0 saturated carbocycles. The molecule has 31 heavy (non-hydrogen) atoms. The number of hydrogen-bond acceptors (Lipinski definition) is 4. The van der Waals surface area contributed by atoms with Gasteiger partial charge in [-0.2, -0.15) is 4.31 Å². The number of carbonyl (C=O) groups excluding carboxylic acids is 1. The molecule has 4 rings (SSSR count). The molecule has 2 heterocycles. The fraction of sp³-hybridized carbons (Fsp3) is 0.286. The monoisotopic (exact) mass is 481 g/mol. The van der Waals surface area contributed by atoms with E-state index in [-0.39, 0.29) is 33.6 Å². The van der Waals surface area contributed by atoms with Crippen LogP contribution in [0.15, 0.2) is 47.5 Å². The van der Waals surface area contributed by atoms with Crippen LogP contribution in [0.2, 0.25) is 10.0 Å². The maximum Gasteiger partial charge on any atom is 0.252 e. The molecule has 1 aliphatic heterocycles. The molecule has 164 valence electrons. The number of fused-ring (bicyclic) bond motifs is 1. The normalized spacial score (nSPS) is 15.3. The molecule has 0 bridgehead atoms. The van der Waals surface area contributed by atoms with Gasteiger partial charge in [0.1, 0.15) is 4.90 Å². The van der Waals surface area contributed by atoms with Gasteiger partial charge in [-0.3, -0.25) is 4.79 Å². The summed E-state index contributed by atoms with van der Waals surface area (Å²) in [6.07, 6.45) is 2.53. The highest BCUT2D eigenvalue weighted by Crippen LogP contribution is 2.31. The highest BCUT2D eigenvalue weighted by atomic mass is 35.5. The first-order valence-electron chi connectivity index (χ1n) is 9.78. The van der Waals surface area contributed by atoms with Gasteiger partial charge in [-0.1, -0.05) is 41.4 Å². The Kier molecular flexibility index (Phi) is 6.55. The Bertz CT molecular complexity index is 1220. The fourth-order valence-electron chi connectivity index (χ4n) is 3.57. The average molecular weight is 482 g/mol. The van der Waals surface area contributed by atoms with E-state index < -0.39 is 15.9 Å². The number of rotatable bonds is 6. The summed E-state index contributed by atoms with van der Waals surface area (Å²) in [4.78, 5) is 15.8. The van der Waals surface area contributed by atoms with Gasteiger partial charge < -0.3 is 15.0 Å². The Balaban J connectivity index is 1.50. The van der Waals surface area contributed by atoms with Gasteiger partial charge in [0, 0.05) is 36.7 Å². The van der Waals surface area contributed by atoms with Crippen LogP contribution in [0.25, 0.3) is 10.9 Å². The minimum absolute atomic E-state index is 0.0214. The van der Waals surface area contributed by atoms with Crippen molar-refractivity contribution in [2.24, 2.45) is 0 Å². The lowest BCUT2D eigenvalue weighted by atomic mass is 10.1. The number of morpholine rings is 1. The Hall–Kier alpha value is -2.10. The summed E-state index contributed by atoms with van der Waals surface area (Å²) in [7, 11) is -3.87. The SMILES string of the molecule is O=C(NCCc1c[nH]c2ccccc12)c1cc(S(=O)(=O)N2CCOCC2)c(Cl)cc1Cl. The second-order valence-electron chi connectivity index (χ2n) is 7.14. The first kappa shape index (κ1) is 22.1. The van der Waals surface area contributed by atoms with Crippen molar-refractivity contribution in [3.05, 3.63) is 63.8 Å². The number of nitrogens with one attached hydrogen (secondary N) is 2. The molecular formula is C21H21Cl2N3O4S. The summed E-state index contributed by atoms with van der Waals surface area (Å²) < 4.78 is 32.5. The minimum Gasteiger partial charge on any atom is -0.379 e. The molecule has 0 radical (unpaired) electrons. The van der Waals surface area contributed by atoms with E-state index >= 15 is 0 Å². The van der Waals surface area contributed by atoms with Gasteiger partial charge in [-0.25, -0.2) is 8.42 Å². The molecule has 0 unspecified atom stereocenters. The van der Waals surface area contributed by atoms with Crippen LogP contribution in [0.5, 0.6) is 0 Å². The number of sulfonamides is 1. The molecule has 10 heteroatoms. The third-order valence-electron chi connectivity index (χ3n) is 5.21. The van der Waals surface area contributed by atoms with Crippen molar-refractivity contribution in [1.82, 2.24) is 14.6 Å². The summed E-state index contributed by atoms with van der Waals surface area (Å²) in [5, 5.41) is 3.98. The van der Waals surface area contributed by atoms with Crippen molar-refractivity contribution in [1.29, 1.82) is 0 Å². The quantitative estimate of drug-likeness (QED) is 0.563. The number of H-pyrrole nitrogens is 1. The topological polar surface area (TPSA) is 91.5 Å². The number of benzene rings is 2. The van der Waals surface area contributed by atoms with Crippen LogP contribution in [0.4, 0.5) is 0 Å². The number of aromatic nitrogens is 1. The van der Waals surface area contributed by atoms with Crippen LogP contribution >= 0.6 is 23.2 Å². The maximum absolute atomic E-state index is 13.0. The Morgan fingerprint density at radius 3 is 2.65 bits per heavy atom. The van der Waals surface area contributed by atoms with Crippen LogP contribution in [0.3, 0.4) is 0 Å². The van der Waals surface area contributed by atoms with Gasteiger partial charge in [0.05, 0.1) is 28.8 Å². The van der Waals surface area contributed by atoms with E-state index in [4.69, 9.17) is 27.9 Å². The zero-order valence-electron chi connectivity index (χ0n) is 16.5. The van der Waals surface area contributed by atoms with Gasteiger partial charge >= 0.3 is 0 Å². The van der Waals surface area contributed by atoms with Crippen LogP contribution in [0, 0.1) is 0 Å². The molecule has 1 saturated heterocycles. The summed E-state index contributed by atoms with van der Waals surface area (Å²) in [6, 6.07) is 10.5. The molecule has 1 fully saturated rings. The lowest BCUT2D eigenvalue weighted by molar-refractivity contribution is 0.0730. The van der Waals surface area contributed by atoms with E-state index in [9.17, 15) is 13.2 Å². The number of carbonyl (C=O) groups is 1. The van der Waals surface area contributed by atoms with E-state index in [0.29, 0.717) is 26.2 Å². The number of nitrogens with zero attached hydrogens (tertiary/aromatic N) is 1. The van der Waals surface area contributed by atoms with Crippen molar-refractivity contribution in [2.45, 2.75) is 11.3 Å². The van der Waals surface area contributed by atoms with Crippen molar-refractivity contribution < 1.29 is 17.9 Å². The minimum atomic E-state index is -3.87. The molecule has 2 aromatic carbocycles. The van der Waals surface area contributed by atoms with Crippen molar-refractivity contribution in [3.63, 3.8) is 0 Å². The number of ether oxygens (including phenoxy) is 1. The Morgan fingerprint density at radius 1 is 1.13 bits per heavy atom. The number of halogens is 2. The molecule has 1 aromatic heterocycles. The van der Waals surface area contributed by atoms with Gasteiger partial charge in [-0.05, 0) is 30.2 Å². The van der Waals surface area contributed by atoms with Crippen LogP contribution < -0.4 is 5.32 Å². The standard InChI is InChI=1S/C21H21Cl2N3O4S/c22-17-12-18(23)20(31(28,29)26-7-9-30-10-8-26)11-16(17)21(27)24-6-5-14-13-25-19-4-2-1-3-15(14)19/h1-4,11-13,25H,5-10H2,(H,24,27). The van der Waals surface area contributed by atoms with E-state index in [1.54, 1.807) is 0 Å². The highest BCUT2D eigenvalue weighted by molar-refractivity contribution is 7.89. The van der Waals surface area contributed by atoms with Crippen LogP contribution in [0.1, 0.15) is 15.9 Å². The van der Waals surface area contributed by atoms with Crippen molar-refractivity contribution in [2.75, 3.05) is 32.8 Å². The molecule has 1 amide bonds. The highest BCUT2D eigenvalue weighted by Gasteiger charge is 2.30. The Labute approximate surface area is 190 Å². The second-order valence-corrected chi connectivity index (χ2v) is 9.87. The molecule has 7 nitrogen and oxygen atoms in total. The number of para-hydroxylation sites is 1. The van der Waals surface area contributed by atoms with Crippen molar-refractivity contribution in [3.8, 4) is 0 Å². The molecule has 0 spiro atoms. The summed E-state index contributed by atoms with van der Waals surface area (Å²) in [6.45, 7) is 1.45. The van der Waals surface area contributed by atoms with Crippen LogP contribution in [-0.4, -0.2) is 56.5 Å². The van der Waals surface area contributed by atoms with Crippen LogP contribution in [-0.2, 0) is 21.2 Å². The predicted octanol–water partition coefficient (Wildman–Crippen LogP) is 3.47. The second kappa shape index (κ2) is 9.18. The van der Waals surface area contributed by atoms with Gasteiger partial charge in [0.25, 0.3) is 5.91 Å². The van der Waals surface area contributed by atoms with E-state index in [1.165, 1.54) is 16.4 Å². The van der Waals surface area contributed by atoms with E-state index in [1.807, 2.05) is 30.5 Å². The van der Waals surface area contributed by atoms with Crippen molar-refractivity contribution >= 4 is 50.0 Å². The zero-order valence-corrected chi connectivity index (χ0v) is 18.9. The molecule has 2 N–H and O–H groups in total. The van der Waals surface area contributed by atoms with Gasteiger partial charge in [-0.15, -0.1) is 0 Å². The first-order chi connectivity index (χ1) is 14.9. The maximum atomic E-state index is 13.0. The summed E-state index contributed by atoms with van der Waals surface area (Å²) in [5.74, 6) is -0.458. The summed E-state index contributed by atoms with van der Waals surface area (Å²) in [5.41, 5.74) is 2.17. The van der Waals surface area contributed by atoms with Gasteiger partial charge in [0.15, 0.2) is 0 Å². The third kappa shape index (κ3) is 4.58. The van der Waals surface area contributed by atoms with Gasteiger partial charge in [0.2, 0.25) is 10.0 Å².